The Labute approximate surface area is 151 Å². The van der Waals surface area contributed by atoms with Gasteiger partial charge in [-0.3, -0.25) is 9.78 Å². The number of fused-ring (bicyclic) bond motifs is 1. The number of rotatable bonds is 3. The third-order valence-corrected chi connectivity index (χ3v) is 4.58. The minimum absolute atomic E-state index is 0.0333. The van der Waals surface area contributed by atoms with Crippen LogP contribution in [0, 0.1) is 0 Å². The number of carbonyl (C=O) groups is 1. The van der Waals surface area contributed by atoms with Gasteiger partial charge in [0, 0.05) is 44.0 Å². The van der Waals surface area contributed by atoms with E-state index in [0.29, 0.717) is 43.4 Å². The maximum atomic E-state index is 13.2. The van der Waals surface area contributed by atoms with Crippen LogP contribution in [0.5, 0.6) is 5.75 Å². The zero-order valence-corrected chi connectivity index (χ0v) is 14.5. The Balaban J connectivity index is 1.58. The summed E-state index contributed by atoms with van der Waals surface area (Å²) in [6.45, 7) is 2.61. The van der Waals surface area contributed by atoms with Gasteiger partial charge in [0.2, 0.25) is 5.95 Å². The van der Waals surface area contributed by atoms with Crippen LogP contribution in [-0.2, 0) is 0 Å². The summed E-state index contributed by atoms with van der Waals surface area (Å²) >= 11 is 0. The van der Waals surface area contributed by atoms with E-state index < -0.39 is 0 Å². The van der Waals surface area contributed by atoms with Crippen molar-refractivity contribution in [1.82, 2.24) is 19.9 Å². The third-order valence-electron chi connectivity index (χ3n) is 4.58. The van der Waals surface area contributed by atoms with Gasteiger partial charge < -0.3 is 14.5 Å². The molecule has 0 saturated carbocycles. The second-order valence-corrected chi connectivity index (χ2v) is 6.05. The molecule has 0 unspecified atom stereocenters. The summed E-state index contributed by atoms with van der Waals surface area (Å²) in [6.07, 6.45) is 5.07. The predicted molar refractivity (Wildman–Crippen MR) is 98.4 cm³/mol. The van der Waals surface area contributed by atoms with E-state index in [9.17, 15) is 4.79 Å². The van der Waals surface area contributed by atoms with Crippen LogP contribution in [0.2, 0.25) is 0 Å². The van der Waals surface area contributed by atoms with Gasteiger partial charge >= 0.3 is 0 Å². The van der Waals surface area contributed by atoms with Crippen molar-refractivity contribution < 1.29 is 9.53 Å². The molecule has 0 atom stereocenters. The van der Waals surface area contributed by atoms with E-state index in [1.165, 1.54) is 0 Å². The molecule has 0 radical (unpaired) electrons. The second kappa shape index (κ2) is 6.95. The molecular weight excluding hydrogens is 330 g/mol. The van der Waals surface area contributed by atoms with Gasteiger partial charge in [-0.05, 0) is 12.1 Å². The normalized spacial score (nSPS) is 14.5. The van der Waals surface area contributed by atoms with Gasteiger partial charge in [-0.2, -0.15) is 0 Å². The van der Waals surface area contributed by atoms with Gasteiger partial charge in [0.25, 0.3) is 5.91 Å². The molecule has 0 bridgehead atoms. The van der Waals surface area contributed by atoms with Gasteiger partial charge in [-0.1, -0.05) is 18.2 Å². The van der Waals surface area contributed by atoms with Crippen LogP contribution < -0.4 is 9.64 Å². The Kier molecular flexibility index (Phi) is 4.35. The average Bonchev–Trinajstić information content (AvgIpc) is 2.73. The van der Waals surface area contributed by atoms with E-state index in [2.05, 4.69) is 19.9 Å². The fourth-order valence-corrected chi connectivity index (χ4v) is 3.22. The molecule has 7 nitrogen and oxygen atoms in total. The van der Waals surface area contributed by atoms with E-state index in [4.69, 9.17) is 4.74 Å². The first-order valence-corrected chi connectivity index (χ1v) is 8.51. The SMILES string of the molecule is COc1cnc2ccccc2c1C(=O)N1CCN(c2ncccn2)CC1. The first kappa shape index (κ1) is 16.3. The lowest BCUT2D eigenvalue weighted by Crippen LogP contribution is -2.49. The molecule has 1 aliphatic rings. The van der Waals surface area contributed by atoms with E-state index in [0.717, 1.165) is 10.9 Å². The van der Waals surface area contributed by atoms with Crippen molar-refractivity contribution >= 4 is 22.8 Å². The molecule has 1 fully saturated rings. The number of methoxy groups -OCH3 is 1. The number of benzene rings is 1. The van der Waals surface area contributed by atoms with Crippen molar-refractivity contribution in [2.24, 2.45) is 0 Å². The maximum absolute atomic E-state index is 13.2. The van der Waals surface area contributed by atoms with E-state index in [1.807, 2.05) is 29.2 Å². The second-order valence-electron chi connectivity index (χ2n) is 6.05. The first-order valence-electron chi connectivity index (χ1n) is 8.51. The Morgan fingerprint density at radius 3 is 2.46 bits per heavy atom. The molecule has 132 valence electrons. The van der Waals surface area contributed by atoms with Crippen molar-refractivity contribution in [3.63, 3.8) is 0 Å². The van der Waals surface area contributed by atoms with Crippen LogP contribution in [-0.4, -0.2) is 59.0 Å². The molecule has 0 N–H and O–H groups in total. The highest BCUT2D eigenvalue weighted by molar-refractivity contribution is 6.08. The lowest BCUT2D eigenvalue weighted by molar-refractivity contribution is 0.0745. The summed E-state index contributed by atoms with van der Waals surface area (Å²) in [6, 6.07) is 9.42. The topological polar surface area (TPSA) is 71.5 Å². The standard InChI is InChI=1S/C19H19N5O2/c1-26-16-13-22-15-6-3-2-5-14(15)17(16)18(25)23-9-11-24(12-10-23)19-20-7-4-8-21-19/h2-8,13H,9-12H2,1H3. The molecular formula is C19H19N5O2. The van der Waals surface area contributed by atoms with E-state index in [-0.39, 0.29) is 5.91 Å². The number of hydrogen-bond donors (Lipinski definition) is 0. The number of carbonyl (C=O) groups excluding carboxylic acids is 1. The highest BCUT2D eigenvalue weighted by Gasteiger charge is 2.27. The smallest absolute Gasteiger partial charge is 0.258 e. The van der Waals surface area contributed by atoms with Crippen molar-refractivity contribution in [3.05, 3.63) is 54.5 Å². The number of piperazine rings is 1. The summed E-state index contributed by atoms with van der Waals surface area (Å²) in [4.78, 5) is 30.1. The van der Waals surface area contributed by atoms with Crippen LogP contribution >= 0.6 is 0 Å². The van der Waals surface area contributed by atoms with Gasteiger partial charge in [0.05, 0.1) is 24.4 Å². The zero-order valence-electron chi connectivity index (χ0n) is 14.5. The monoisotopic (exact) mass is 349 g/mol. The molecule has 0 aliphatic carbocycles. The number of para-hydroxylation sites is 1. The molecule has 4 rings (SSSR count). The lowest BCUT2D eigenvalue weighted by atomic mass is 10.1. The number of pyridine rings is 1. The van der Waals surface area contributed by atoms with E-state index >= 15 is 0 Å². The lowest BCUT2D eigenvalue weighted by Gasteiger charge is -2.35. The molecule has 1 amide bonds. The minimum atomic E-state index is -0.0333. The molecule has 1 aromatic carbocycles. The van der Waals surface area contributed by atoms with Crippen molar-refractivity contribution in [2.75, 3.05) is 38.2 Å². The summed E-state index contributed by atoms with van der Waals surface area (Å²) in [5.74, 6) is 1.17. The Morgan fingerprint density at radius 2 is 1.73 bits per heavy atom. The number of amides is 1. The maximum Gasteiger partial charge on any atom is 0.258 e. The summed E-state index contributed by atoms with van der Waals surface area (Å²) < 4.78 is 5.42. The van der Waals surface area contributed by atoms with E-state index in [1.54, 1.807) is 31.8 Å². The highest BCUT2D eigenvalue weighted by Crippen LogP contribution is 2.28. The molecule has 1 saturated heterocycles. The largest absolute Gasteiger partial charge is 0.494 e. The average molecular weight is 349 g/mol. The third kappa shape index (κ3) is 2.92. The number of nitrogens with zero attached hydrogens (tertiary/aromatic N) is 5. The number of ether oxygens (including phenoxy) is 1. The number of aromatic nitrogens is 3. The Morgan fingerprint density at radius 1 is 1.00 bits per heavy atom. The minimum Gasteiger partial charge on any atom is -0.494 e. The highest BCUT2D eigenvalue weighted by atomic mass is 16.5. The quantitative estimate of drug-likeness (QED) is 0.720. The fraction of sp³-hybridized carbons (Fsp3) is 0.263. The van der Waals surface area contributed by atoms with Crippen LogP contribution in [0.25, 0.3) is 10.9 Å². The fourth-order valence-electron chi connectivity index (χ4n) is 3.22. The molecule has 1 aliphatic heterocycles. The zero-order chi connectivity index (χ0) is 17.9. The summed E-state index contributed by atoms with van der Waals surface area (Å²) in [5.41, 5.74) is 1.36. The van der Waals surface area contributed by atoms with Crippen LogP contribution in [0.4, 0.5) is 5.95 Å². The molecule has 26 heavy (non-hydrogen) atoms. The molecule has 0 spiro atoms. The van der Waals surface area contributed by atoms with Crippen LogP contribution in [0.1, 0.15) is 10.4 Å². The Hall–Kier alpha value is -3.22. The van der Waals surface area contributed by atoms with Gasteiger partial charge in [0.15, 0.2) is 5.75 Å². The van der Waals surface area contributed by atoms with Gasteiger partial charge in [0.1, 0.15) is 0 Å². The van der Waals surface area contributed by atoms with Crippen molar-refractivity contribution in [3.8, 4) is 5.75 Å². The summed E-state index contributed by atoms with van der Waals surface area (Å²) in [7, 11) is 1.56. The van der Waals surface area contributed by atoms with Crippen LogP contribution in [0.3, 0.4) is 0 Å². The van der Waals surface area contributed by atoms with Crippen molar-refractivity contribution in [1.29, 1.82) is 0 Å². The molecule has 7 heteroatoms. The molecule has 2 aromatic heterocycles. The summed E-state index contributed by atoms with van der Waals surface area (Å²) in [5, 5.41) is 0.811. The van der Waals surface area contributed by atoms with Gasteiger partial charge in [-0.15, -0.1) is 0 Å². The predicted octanol–water partition coefficient (Wildman–Crippen LogP) is 2.00. The molecule has 3 aromatic rings. The molecule has 3 heterocycles. The number of hydrogen-bond acceptors (Lipinski definition) is 6. The van der Waals surface area contributed by atoms with Crippen molar-refractivity contribution in [2.45, 2.75) is 0 Å². The Bertz CT molecular complexity index is 924. The first-order chi connectivity index (χ1) is 12.8. The number of anilines is 1. The van der Waals surface area contributed by atoms with Crippen LogP contribution in [0.15, 0.2) is 48.9 Å². The van der Waals surface area contributed by atoms with Gasteiger partial charge in [-0.25, -0.2) is 9.97 Å².